The molecular weight excluding hydrogens is 203 g/mol. The molecule has 0 radical (unpaired) electrons. The summed E-state index contributed by atoms with van der Waals surface area (Å²) in [6, 6.07) is 7.08. The normalized spacial score (nSPS) is 12.0. The van der Waals surface area contributed by atoms with Gasteiger partial charge in [-0.3, -0.25) is 0 Å². The van der Waals surface area contributed by atoms with E-state index in [1.165, 1.54) is 0 Å². The van der Waals surface area contributed by atoms with Crippen molar-refractivity contribution in [3.05, 3.63) is 29.8 Å². The van der Waals surface area contributed by atoms with Crippen molar-refractivity contribution < 1.29 is 8.42 Å². The van der Waals surface area contributed by atoms with Crippen LogP contribution in [0.2, 0.25) is 0 Å². The summed E-state index contributed by atoms with van der Waals surface area (Å²) in [5.41, 5.74) is 0.873. The lowest BCUT2D eigenvalue weighted by Gasteiger charge is -2.09. The molecule has 1 rings (SSSR count). The van der Waals surface area contributed by atoms with Gasteiger partial charge in [-0.15, -0.1) is 0 Å². The van der Waals surface area contributed by atoms with Crippen LogP contribution in [0.5, 0.6) is 0 Å². The van der Waals surface area contributed by atoms with Crippen molar-refractivity contribution in [2.45, 2.75) is 24.7 Å². The van der Waals surface area contributed by atoms with E-state index in [9.17, 15) is 8.42 Å². The molecule has 1 aromatic carbocycles. The first-order chi connectivity index (χ1) is 5.93. The summed E-state index contributed by atoms with van der Waals surface area (Å²) in [4.78, 5) is 0.412. The topological polar surface area (TPSA) is 34.1 Å². The Morgan fingerprint density at radius 1 is 1.23 bits per heavy atom. The van der Waals surface area contributed by atoms with E-state index in [1.54, 1.807) is 12.1 Å². The molecule has 72 valence electrons. The molecule has 0 amide bonds. The molecule has 0 aliphatic rings. The van der Waals surface area contributed by atoms with E-state index < -0.39 is 9.46 Å². The van der Waals surface area contributed by atoms with Gasteiger partial charge in [0.2, 0.25) is 0 Å². The summed E-state index contributed by atoms with van der Waals surface area (Å²) >= 11 is 0. The number of hydrogen-bond acceptors (Lipinski definition) is 2. The van der Waals surface area contributed by atoms with E-state index in [4.69, 9.17) is 0 Å². The summed E-state index contributed by atoms with van der Waals surface area (Å²) in [5.74, 6) is 0.228. The Morgan fingerprint density at radius 3 is 2.15 bits per heavy atom. The zero-order valence-corrected chi connectivity index (χ0v) is 9.66. The highest BCUT2D eigenvalue weighted by Gasteiger charge is 2.13. The first kappa shape index (κ1) is 10.7. The fraction of sp³-hybridized carbons (Fsp3) is 0.333. The zero-order chi connectivity index (χ0) is 10.1. The van der Waals surface area contributed by atoms with Gasteiger partial charge in [-0.2, -0.15) is 0 Å². The Bertz CT molecular complexity index is 396. The molecule has 0 saturated carbocycles. The second-order valence-electron chi connectivity index (χ2n) is 3.24. The fourth-order valence-corrected chi connectivity index (χ4v) is 2.76. The molecular formula is C9H13O2PS. The third-order valence-corrected chi connectivity index (χ3v) is 3.59. The minimum absolute atomic E-state index is 0.228. The van der Waals surface area contributed by atoms with Gasteiger partial charge in [-0.1, -0.05) is 32.0 Å². The van der Waals surface area contributed by atoms with E-state index in [-0.39, 0.29) is 5.92 Å². The predicted octanol–water partition coefficient (Wildman–Crippen LogP) is 2.37. The number of rotatable bonds is 2. The van der Waals surface area contributed by atoms with Crippen LogP contribution in [-0.2, 0) is 9.46 Å². The van der Waals surface area contributed by atoms with Gasteiger partial charge in [-0.05, 0) is 26.0 Å². The maximum absolute atomic E-state index is 11.3. The average Bonchev–Trinajstić information content (AvgIpc) is 2.03. The molecule has 1 atom stereocenters. The first-order valence-corrected chi connectivity index (χ1v) is 7.00. The molecule has 2 nitrogen and oxygen atoms in total. The Balaban J connectivity index is 3.37. The maximum atomic E-state index is 11.3. The molecule has 0 heterocycles. The van der Waals surface area contributed by atoms with Gasteiger partial charge in [0.15, 0.2) is 9.46 Å². The molecule has 4 heteroatoms. The first-order valence-electron chi connectivity index (χ1n) is 4.04. The van der Waals surface area contributed by atoms with Crippen LogP contribution >= 0.6 is 8.44 Å². The lowest BCUT2D eigenvalue weighted by Crippen LogP contribution is -1.98. The summed E-state index contributed by atoms with van der Waals surface area (Å²) < 4.78 is 22.6. The second kappa shape index (κ2) is 3.77. The molecule has 0 saturated heterocycles. The van der Waals surface area contributed by atoms with Crippen molar-refractivity contribution in [3.63, 3.8) is 0 Å². The van der Waals surface area contributed by atoms with Crippen LogP contribution in [0.1, 0.15) is 25.3 Å². The van der Waals surface area contributed by atoms with E-state index in [0.29, 0.717) is 4.90 Å². The highest BCUT2D eigenvalue weighted by Crippen LogP contribution is 2.26. The van der Waals surface area contributed by atoms with Gasteiger partial charge in [-0.25, -0.2) is 8.42 Å². The van der Waals surface area contributed by atoms with Crippen LogP contribution in [0.25, 0.3) is 0 Å². The average molecular weight is 216 g/mol. The smallest absolute Gasteiger partial charge is 0.189 e. The molecule has 0 bridgehead atoms. The molecule has 1 unspecified atom stereocenters. The van der Waals surface area contributed by atoms with Crippen molar-refractivity contribution in [2.24, 2.45) is 0 Å². The van der Waals surface area contributed by atoms with Gasteiger partial charge in [0, 0.05) is 0 Å². The monoisotopic (exact) mass is 216 g/mol. The molecule has 0 N–H and O–H groups in total. The second-order valence-corrected chi connectivity index (χ2v) is 6.63. The maximum Gasteiger partial charge on any atom is 0.189 e. The van der Waals surface area contributed by atoms with Crippen molar-refractivity contribution in [1.82, 2.24) is 0 Å². The van der Waals surface area contributed by atoms with Crippen LogP contribution < -0.4 is 0 Å². The highest BCUT2D eigenvalue weighted by molar-refractivity contribution is 8.37. The van der Waals surface area contributed by atoms with Crippen LogP contribution in [0.3, 0.4) is 0 Å². The Morgan fingerprint density at radius 2 is 1.77 bits per heavy atom. The summed E-state index contributed by atoms with van der Waals surface area (Å²) in [6.07, 6.45) is 0. The van der Waals surface area contributed by atoms with Crippen molar-refractivity contribution >= 4 is 17.9 Å². The van der Waals surface area contributed by atoms with Crippen LogP contribution in [0, 0.1) is 0 Å². The third-order valence-electron chi connectivity index (χ3n) is 1.85. The highest BCUT2D eigenvalue weighted by atomic mass is 32.7. The van der Waals surface area contributed by atoms with Crippen LogP contribution in [0.4, 0.5) is 0 Å². The largest absolute Gasteiger partial charge is 0.220 e. The minimum atomic E-state index is -3.16. The molecule has 0 aliphatic heterocycles. The standard InChI is InChI=1S/C9H13O2PS/c1-7(2)8-5-3-4-6-9(8)13(10,11)12/h3-7H,12H2,1-2H3. The molecule has 0 spiro atoms. The van der Waals surface area contributed by atoms with E-state index in [0.717, 1.165) is 5.56 Å². The molecule has 0 aliphatic carbocycles. The van der Waals surface area contributed by atoms with Gasteiger partial charge >= 0.3 is 0 Å². The van der Waals surface area contributed by atoms with Crippen LogP contribution in [-0.4, -0.2) is 8.42 Å². The van der Waals surface area contributed by atoms with Crippen molar-refractivity contribution in [1.29, 1.82) is 0 Å². The zero-order valence-electron chi connectivity index (χ0n) is 7.69. The summed E-state index contributed by atoms with van der Waals surface area (Å²) in [7, 11) is -1.28. The van der Waals surface area contributed by atoms with Gasteiger partial charge in [0.25, 0.3) is 0 Å². The third kappa shape index (κ3) is 2.52. The Kier molecular flexibility index (Phi) is 3.09. The van der Waals surface area contributed by atoms with E-state index in [1.807, 2.05) is 34.4 Å². The predicted molar refractivity (Wildman–Crippen MR) is 57.4 cm³/mol. The number of hydrogen-bond donors (Lipinski definition) is 0. The fourth-order valence-electron chi connectivity index (χ4n) is 1.22. The summed E-state index contributed by atoms with van der Waals surface area (Å²) in [5, 5.41) is 0. The lowest BCUT2D eigenvalue weighted by atomic mass is 10.0. The SMILES string of the molecule is CC(C)c1ccccc1S(=O)(=O)P. The summed E-state index contributed by atoms with van der Waals surface area (Å²) in [6.45, 7) is 3.96. The van der Waals surface area contributed by atoms with Gasteiger partial charge in [0.1, 0.15) is 0 Å². The lowest BCUT2D eigenvalue weighted by molar-refractivity contribution is 0.608. The van der Waals surface area contributed by atoms with Gasteiger partial charge < -0.3 is 0 Å². The Labute approximate surface area is 81.2 Å². The molecule has 0 aromatic heterocycles. The van der Waals surface area contributed by atoms with Crippen molar-refractivity contribution in [3.8, 4) is 0 Å². The quantitative estimate of drug-likeness (QED) is 0.711. The molecule has 0 fully saturated rings. The van der Waals surface area contributed by atoms with Crippen molar-refractivity contribution in [2.75, 3.05) is 0 Å². The van der Waals surface area contributed by atoms with Gasteiger partial charge in [0.05, 0.1) is 4.90 Å². The molecule has 13 heavy (non-hydrogen) atoms. The minimum Gasteiger partial charge on any atom is -0.220 e. The molecule has 1 aromatic rings. The van der Waals surface area contributed by atoms with E-state index in [2.05, 4.69) is 0 Å². The van der Waals surface area contributed by atoms with E-state index >= 15 is 0 Å². The number of benzene rings is 1. The Hall–Kier alpha value is -0.400. The van der Waals surface area contributed by atoms with Crippen LogP contribution in [0.15, 0.2) is 29.2 Å².